The SMILES string of the molecule is COC(=O)/C=C(\c1ccccc1)c1c(C(C)(C)C)cc(C)c(N)c1C. The molecule has 0 atom stereocenters. The molecule has 0 spiro atoms. The molecule has 0 radical (unpaired) electrons. The van der Waals surface area contributed by atoms with Crippen LogP contribution in [0.5, 0.6) is 0 Å². The van der Waals surface area contributed by atoms with Gasteiger partial charge < -0.3 is 10.5 Å². The highest BCUT2D eigenvalue weighted by atomic mass is 16.5. The van der Waals surface area contributed by atoms with Gasteiger partial charge >= 0.3 is 5.97 Å². The summed E-state index contributed by atoms with van der Waals surface area (Å²) in [5, 5.41) is 0. The zero-order valence-corrected chi connectivity index (χ0v) is 15.9. The lowest BCUT2D eigenvalue weighted by Gasteiger charge is -2.28. The minimum Gasteiger partial charge on any atom is -0.466 e. The van der Waals surface area contributed by atoms with Crippen LogP contribution in [0.4, 0.5) is 5.69 Å². The van der Waals surface area contributed by atoms with E-state index < -0.39 is 0 Å². The van der Waals surface area contributed by atoms with Crippen molar-refractivity contribution in [2.75, 3.05) is 12.8 Å². The first-order chi connectivity index (χ1) is 11.7. The molecule has 0 saturated carbocycles. The third kappa shape index (κ3) is 3.93. The van der Waals surface area contributed by atoms with Crippen LogP contribution in [0.1, 0.15) is 48.6 Å². The fourth-order valence-corrected chi connectivity index (χ4v) is 3.03. The number of rotatable bonds is 3. The van der Waals surface area contributed by atoms with E-state index in [0.29, 0.717) is 0 Å². The van der Waals surface area contributed by atoms with Crippen molar-refractivity contribution in [1.29, 1.82) is 0 Å². The molecule has 0 unspecified atom stereocenters. The van der Waals surface area contributed by atoms with Gasteiger partial charge in [0.25, 0.3) is 0 Å². The second-order valence-corrected chi connectivity index (χ2v) is 7.35. The molecule has 0 saturated heterocycles. The quantitative estimate of drug-likeness (QED) is 0.498. The molecule has 0 aliphatic carbocycles. The van der Waals surface area contributed by atoms with Gasteiger partial charge in [-0.05, 0) is 52.7 Å². The summed E-state index contributed by atoms with van der Waals surface area (Å²) in [6, 6.07) is 12.0. The molecule has 0 amide bonds. The molecule has 0 aliphatic heterocycles. The fraction of sp³-hybridized carbons (Fsp3) is 0.318. The molecule has 132 valence electrons. The Bertz CT molecular complexity index is 812. The molecule has 0 heterocycles. The van der Waals surface area contributed by atoms with Crippen LogP contribution in [0.15, 0.2) is 42.5 Å². The van der Waals surface area contributed by atoms with Crippen LogP contribution < -0.4 is 5.73 Å². The van der Waals surface area contributed by atoms with Gasteiger partial charge in [0.15, 0.2) is 0 Å². The van der Waals surface area contributed by atoms with Crippen LogP contribution in [0.25, 0.3) is 5.57 Å². The number of aryl methyl sites for hydroxylation is 1. The van der Waals surface area contributed by atoms with Gasteiger partial charge in [-0.2, -0.15) is 0 Å². The number of nitrogens with two attached hydrogens (primary N) is 1. The van der Waals surface area contributed by atoms with Crippen molar-refractivity contribution in [2.24, 2.45) is 0 Å². The lowest BCUT2D eigenvalue weighted by Crippen LogP contribution is -2.17. The van der Waals surface area contributed by atoms with Crippen LogP contribution in [0.2, 0.25) is 0 Å². The maximum atomic E-state index is 12.1. The van der Waals surface area contributed by atoms with Crippen molar-refractivity contribution in [3.8, 4) is 0 Å². The molecule has 3 nitrogen and oxygen atoms in total. The van der Waals surface area contributed by atoms with Crippen molar-refractivity contribution < 1.29 is 9.53 Å². The van der Waals surface area contributed by atoms with E-state index in [2.05, 4.69) is 26.8 Å². The van der Waals surface area contributed by atoms with Crippen molar-refractivity contribution >= 4 is 17.2 Å². The van der Waals surface area contributed by atoms with Crippen LogP contribution in [-0.4, -0.2) is 13.1 Å². The Hall–Kier alpha value is -2.55. The van der Waals surface area contributed by atoms with E-state index >= 15 is 0 Å². The first kappa shape index (κ1) is 18.8. The zero-order valence-electron chi connectivity index (χ0n) is 15.9. The molecule has 3 heteroatoms. The lowest BCUT2D eigenvalue weighted by atomic mass is 9.77. The van der Waals surface area contributed by atoms with Crippen molar-refractivity contribution in [3.63, 3.8) is 0 Å². The monoisotopic (exact) mass is 337 g/mol. The van der Waals surface area contributed by atoms with E-state index in [1.807, 2.05) is 44.2 Å². The summed E-state index contributed by atoms with van der Waals surface area (Å²) in [5.41, 5.74) is 13.0. The standard InChI is InChI=1S/C22H27NO2/c1-14-12-18(22(3,4)5)20(15(2)21(14)23)17(13-19(24)25-6)16-10-8-7-9-11-16/h7-13H,23H2,1-6H3/b17-13+. The zero-order chi connectivity index (χ0) is 18.8. The van der Waals surface area contributed by atoms with Gasteiger partial charge in [-0.15, -0.1) is 0 Å². The molecule has 2 aromatic carbocycles. The Balaban J connectivity index is 2.89. The topological polar surface area (TPSA) is 52.3 Å². The number of hydrogen-bond donors (Lipinski definition) is 1. The lowest BCUT2D eigenvalue weighted by molar-refractivity contribution is -0.134. The smallest absolute Gasteiger partial charge is 0.331 e. The van der Waals surface area contributed by atoms with Crippen LogP contribution >= 0.6 is 0 Å². The molecule has 2 rings (SSSR count). The first-order valence-electron chi connectivity index (χ1n) is 8.42. The highest BCUT2D eigenvalue weighted by Gasteiger charge is 2.25. The summed E-state index contributed by atoms with van der Waals surface area (Å²) in [6.45, 7) is 10.5. The predicted molar refractivity (Wildman–Crippen MR) is 105 cm³/mol. The van der Waals surface area contributed by atoms with Gasteiger partial charge in [0.05, 0.1) is 7.11 Å². The van der Waals surface area contributed by atoms with Gasteiger partial charge in [0.2, 0.25) is 0 Å². The molecule has 2 aromatic rings. The Labute approximate surface area is 150 Å². The number of ether oxygens (including phenoxy) is 1. The van der Waals surface area contributed by atoms with E-state index in [-0.39, 0.29) is 11.4 Å². The van der Waals surface area contributed by atoms with Crippen molar-refractivity contribution in [2.45, 2.75) is 40.0 Å². The summed E-state index contributed by atoms with van der Waals surface area (Å²) < 4.78 is 4.90. The molecule has 0 aromatic heterocycles. The summed E-state index contributed by atoms with van der Waals surface area (Å²) in [7, 11) is 1.39. The normalized spacial score (nSPS) is 12.2. The highest BCUT2D eigenvalue weighted by Crippen LogP contribution is 2.39. The molecular weight excluding hydrogens is 310 g/mol. The van der Waals surface area contributed by atoms with Crippen molar-refractivity contribution in [3.05, 3.63) is 70.3 Å². The highest BCUT2D eigenvalue weighted by molar-refractivity contribution is 5.98. The average molecular weight is 337 g/mol. The second-order valence-electron chi connectivity index (χ2n) is 7.35. The van der Waals surface area contributed by atoms with E-state index in [4.69, 9.17) is 10.5 Å². The summed E-state index contributed by atoms with van der Waals surface area (Å²) in [5.74, 6) is -0.378. The Morgan fingerprint density at radius 1 is 1.12 bits per heavy atom. The molecule has 0 aliphatic rings. The third-order valence-corrected chi connectivity index (χ3v) is 4.46. The number of anilines is 1. The number of carbonyl (C=O) groups is 1. The number of carbonyl (C=O) groups excluding carboxylic acids is 1. The number of hydrogen-bond acceptors (Lipinski definition) is 3. The molecule has 0 bridgehead atoms. The Morgan fingerprint density at radius 2 is 1.72 bits per heavy atom. The third-order valence-electron chi connectivity index (χ3n) is 4.46. The molecule has 2 N–H and O–H groups in total. The van der Waals surface area contributed by atoms with E-state index in [1.54, 1.807) is 6.08 Å². The maximum absolute atomic E-state index is 12.1. The second kappa shape index (κ2) is 7.14. The summed E-state index contributed by atoms with van der Waals surface area (Å²) in [4.78, 5) is 12.1. The van der Waals surface area contributed by atoms with Gasteiger partial charge in [-0.25, -0.2) is 4.79 Å². The Kier molecular flexibility index (Phi) is 5.36. The number of benzene rings is 2. The maximum Gasteiger partial charge on any atom is 0.331 e. The number of nitrogen functional groups attached to an aromatic ring is 1. The fourth-order valence-electron chi connectivity index (χ4n) is 3.03. The van der Waals surface area contributed by atoms with E-state index in [1.165, 1.54) is 7.11 Å². The van der Waals surface area contributed by atoms with Gasteiger partial charge in [0.1, 0.15) is 0 Å². The van der Waals surface area contributed by atoms with Crippen LogP contribution in [0, 0.1) is 13.8 Å². The minimum atomic E-state index is -0.378. The van der Waals surface area contributed by atoms with Gasteiger partial charge in [-0.1, -0.05) is 57.2 Å². The van der Waals surface area contributed by atoms with Crippen LogP contribution in [-0.2, 0) is 14.9 Å². The minimum absolute atomic E-state index is 0.0947. The van der Waals surface area contributed by atoms with Crippen LogP contribution in [0.3, 0.4) is 0 Å². The Morgan fingerprint density at radius 3 is 2.24 bits per heavy atom. The average Bonchev–Trinajstić information content (AvgIpc) is 2.57. The number of esters is 1. The van der Waals surface area contributed by atoms with Gasteiger partial charge in [0, 0.05) is 11.8 Å². The summed E-state index contributed by atoms with van der Waals surface area (Å²) >= 11 is 0. The molecule has 25 heavy (non-hydrogen) atoms. The number of methoxy groups -OCH3 is 1. The van der Waals surface area contributed by atoms with Crippen molar-refractivity contribution in [1.82, 2.24) is 0 Å². The van der Waals surface area contributed by atoms with Gasteiger partial charge in [-0.3, -0.25) is 0 Å². The predicted octanol–water partition coefficient (Wildman–Crippen LogP) is 4.79. The summed E-state index contributed by atoms with van der Waals surface area (Å²) in [6.07, 6.45) is 1.56. The molecular formula is C22H27NO2. The van der Waals surface area contributed by atoms with E-state index in [9.17, 15) is 4.79 Å². The largest absolute Gasteiger partial charge is 0.466 e. The molecule has 0 fully saturated rings. The van der Waals surface area contributed by atoms with E-state index in [0.717, 1.165) is 39.1 Å². The first-order valence-corrected chi connectivity index (χ1v) is 8.42.